The molecular weight excluding hydrogens is 356 g/mol. The predicted octanol–water partition coefficient (Wildman–Crippen LogP) is 1.86. The number of benzene rings is 1. The van der Waals surface area contributed by atoms with Gasteiger partial charge in [0.15, 0.2) is 11.5 Å². The van der Waals surface area contributed by atoms with Crippen LogP contribution in [0, 0.1) is 0 Å². The Morgan fingerprint density at radius 3 is 2.68 bits per heavy atom. The molecule has 0 bridgehead atoms. The molecule has 8 nitrogen and oxygen atoms in total. The summed E-state index contributed by atoms with van der Waals surface area (Å²) in [6.45, 7) is 0.517. The summed E-state index contributed by atoms with van der Waals surface area (Å²) in [6.07, 6.45) is 8.74. The third kappa shape index (κ3) is 4.34. The summed E-state index contributed by atoms with van der Waals surface area (Å²) >= 11 is 0. The molecule has 1 aromatic carbocycles. The SMILES string of the molecule is CN.O=CCCNc1nccn2c(-c3ccc(C(=O)NC4CC4)cc3)cnc12. The van der Waals surface area contributed by atoms with Crippen LogP contribution in [-0.4, -0.2) is 46.2 Å². The standard InChI is InChI=1S/C19H19N5O2.CH5N/c25-11-1-8-20-17-18-22-12-16(24(18)10-9-21-17)13-2-4-14(5-3-13)19(26)23-15-6-7-15;1-2/h2-5,9-12,15H,1,6-8H2,(H,20,21)(H,23,26);2H2,1H3. The molecule has 28 heavy (non-hydrogen) atoms. The first-order valence-corrected chi connectivity index (χ1v) is 9.25. The van der Waals surface area contributed by atoms with Crippen LogP contribution in [0.5, 0.6) is 0 Å². The Hall–Kier alpha value is -3.26. The minimum absolute atomic E-state index is 0.0249. The number of anilines is 1. The van der Waals surface area contributed by atoms with Crippen molar-refractivity contribution in [3.05, 3.63) is 48.4 Å². The second kappa shape index (κ2) is 9.09. The molecule has 8 heteroatoms. The van der Waals surface area contributed by atoms with E-state index in [1.54, 1.807) is 12.4 Å². The van der Waals surface area contributed by atoms with E-state index >= 15 is 0 Å². The molecule has 2 heterocycles. The zero-order valence-electron chi connectivity index (χ0n) is 15.8. The Balaban J connectivity index is 0.00000109. The molecule has 0 unspecified atom stereocenters. The number of fused-ring (bicyclic) bond motifs is 1. The van der Waals surface area contributed by atoms with Crippen molar-refractivity contribution in [2.24, 2.45) is 5.73 Å². The smallest absolute Gasteiger partial charge is 0.251 e. The lowest BCUT2D eigenvalue weighted by atomic mass is 10.1. The molecule has 1 aliphatic carbocycles. The Morgan fingerprint density at radius 2 is 2.00 bits per heavy atom. The van der Waals surface area contributed by atoms with E-state index in [2.05, 4.69) is 26.3 Å². The lowest BCUT2D eigenvalue weighted by Crippen LogP contribution is -2.25. The molecule has 4 rings (SSSR count). The molecule has 0 spiro atoms. The van der Waals surface area contributed by atoms with Gasteiger partial charge in [-0.15, -0.1) is 0 Å². The van der Waals surface area contributed by atoms with E-state index in [1.807, 2.05) is 34.9 Å². The van der Waals surface area contributed by atoms with Gasteiger partial charge in [-0.1, -0.05) is 12.1 Å². The molecule has 1 amide bonds. The first-order chi connectivity index (χ1) is 13.8. The zero-order valence-corrected chi connectivity index (χ0v) is 15.8. The maximum atomic E-state index is 12.1. The van der Waals surface area contributed by atoms with Crippen LogP contribution in [-0.2, 0) is 4.79 Å². The molecule has 4 N–H and O–H groups in total. The number of nitrogens with two attached hydrogens (primary N) is 1. The number of aldehydes is 1. The lowest BCUT2D eigenvalue weighted by molar-refractivity contribution is -0.107. The topological polar surface area (TPSA) is 114 Å². The van der Waals surface area contributed by atoms with Crippen molar-refractivity contribution in [2.45, 2.75) is 25.3 Å². The van der Waals surface area contributed by atoms with E-state index in [0.717, 1.165) is 30.4 Å². The molecule has 146 valence electrons. The minimum atomic E-state index is -0.0249. The first-order valence-electron chi connectivity index (χ1n) is 9.25. The van der Waals surface area contributed by atoms with Gasteiger partial charge < -0.3 is 21.2 Å². The minimum Gasteiger partial charge on any atom is -0.367 e. The van der Waals surface area contributed by atoms with Crippen molar-refractivity contribution in [3.63, 3.8) is 0 Å². The fourth-order valence-electron chi connectivity index (χ4n) is 2.80. The van der Waals surface area contributed by atoms with Crippen LogP contribution in [0.15, 0.2) is 42.9 Å². The highest BCUT2D eigenvalue weighted by Gasteiger charge is 2.23. The monoisotopic (exact) mass is 380 g/mol. The molecule has 0 radical (unpaired) electrons. The van der Waals surface area contributed by atoms with Gasteiger partial charge in [0.25, 0.3) is 5.91 Å². The van der Waals surface area contributed by atoms with Crippen LogP contribution in [0.25, 0.3) is 16.9 Å². The van der Waals surface area contributed by atoms with Gasteiger partial charge in [-0.3, -0.25) is 9.20 Å². The fraction of sp³-hybridized carbons (Fsp3) is 0.300. The molecule has 3 aromatic rings. The number of carbonyl (C=O) groups is 2. The highest BCUT2D eigenvalue weighted by atomic mass is 16.1. The van der Waals surface area contributed by atoms with E-state index in [1.165, 1.54) is 7.05 Å². The molecule has 1 saturated carbocycles. The van der Waals surface area contributed by atoms with Crippen LogP contribution in [0.2, 0.25) is 0 Å². The first kappa shape index (κ1) is 19.5. The van der Waals surface area contributed by atoms with E-state index in [9.17, 15) is 9.59 Å². The fourth-order valence-corrected chi connectivity index (χ4v) is 2.80. The van der Waals surface area contributed by atoms with Crippen molar-refractivity contribution < 1.29 is 9.59 Å². The Bertz CT molecular complexity index is 947. The van der Waals surface area contributed by atoms with Crippen LogP contribution < -0.4 is 16.4 Å². The van der Waals surface area contributed by atoms with Gasteiger partial charge in [0.2, 0.25) is 0 Å². The van der Waals surface area contributed by atoms with Crippen molar-refractivity contribution in [1.29, 1.82) is 0 Å². The number of nitrogens with one attached hydrogen (secondary N) is 2. The number of amides is 1. The number of aromatic nitrogens is 3. The van der Waals surface area contributed by atoms with Crippen LogP contribution >= 0.6 is 0 Å². The number of hydrogen-bond donors (Lipinski definition) is 3. The summed E-state index contributed by atoms with van der Waals surface area (Å²) in [5.41, 5.74) is 7.73. The van der Waals surface area contributed by atoms with Crippen molar-refractivity contribution in [1.82, 2.24) is 19.7 Å². The maximum Gasteiger partial charge on any atom is 0.251 e. The van der Waals surface area contributed by atoms with E-state index in [0.29, 0.717) is 36.0 Å². The molecule has 2 aromatic heterocycles. The second-order valence-corrected chi connectivity index (χ2v) is 6.32. The number of imidazole rings is 1. The average molecular weight is 380 g/mol. The predicted molar refractivity (Wildman–Crippen MR) is 108 cm³/mol. The van der Waals surface area contributed by atoms with Gasteiger partial charge in [-0.05, 0) is 32.0 Å². The molecule has 0 aliphatic heterocycles. The zero-order chi connectivity index (χ0) is 19.9. The van der Waals surface area contributed by atoms with Crippen molar-refractivity contribution in [2.75, 3.05) is 18.9 Å². The molecule has 0 saturated heterocycles. The molecular formula is C20H24N6O2. The van der Waals surface area contributed by atoms with Gasteiger partial charge >= 0.3 is 0 Å². The normalized spacial score (nSPS) is 12.8. The summed E-state index contributed by atoms with van der Waals surface area (Å²) in [6, 6.07) is 7.85. The third-order valence-electron chi connectivity index (χ3n) is 4.34. The average Bonchev–Trinajstić information content (AvgIpc) is 3.45. The van der Waals surface area contributed by atoms with E-state index in [-0.39, 0.29) is 5.91 Å². The highest BCUT2D eigenvalue weighted by molar-refractivity contribution is 5.95. The number of carbonyl (C=O) groups excluding carboxylic acids is 2. The summed E-state index contributed by atoms with van der Waals surface area (Å²) in [5, 5.41) is 6.11. The van der Waals surface area contributed by atoms with Crippen LogP contribution in [0.3, 0.4) is 0 Å². The quantitative estimate of drug-likeness (QED) is 0.426. The number of rotatable bonds is 7. The largest absolute Gasteiger partial charge is 0.367 e. The summed E-state index contributed by atoms with van der Waals surface area (Å²) in [4.78, 5) is 31.3. The highest BCUT2D eigenvalue weighted by Crippen LogP contribution is 2.24. The van der Waals surface area contributed by atoms with Gasteiger partial charge in [-0.2, -0.15) is 0 Å². The molecule has 1 aliphatic rings. The third-order valence-corrected chi connectivity index (χ3v) is 4.34. The Labute approximate surface area is 163 Å². The Kier molecular flexibility index (Phi) is 6.33. The summed E-state index contributed by atoms with van der Waals surface area (Å²) in [5.74, 6) is 0.615. The Morgan fingerprint density at radius 1 is 1.25 bits per heavy atom. The van der Waals surface area contributed by atoms with Gasteiger partial charge in [0, 0.05) is 42.5 Å². The number of hydrogen-bond acceptors (Lipinski definition) is 6. The molecule has 1 fully saturated rings. The number of nitrogens with zero attached hydrogens (tertiary/aromatic N) is 3. The van der Waals surface area contributed by atoms with Gasteiger partial charge in [0.1, 0.15) is 6.29 Å². The van der Waals surface area contributed by atoms with E-state index in [4.69, 9.17) is 0 Å². The summed E-state index contributed by atoms with van der Waals surface area (Å²) in [7, 11) is 1.50. The summed E-state index contributed by atoms with van der Waals surface area (Å²) < 4.78 is 1.94. The van der Waals surface area contributed by atoms with Crippen LogP contribution in [0.1, 0.15) is 29.6 Å². The van der Waals surface area contributed by atoms with Crippen molar-refractivity contribution in [3.8, 4) is 11.3 Å². The molecule has 0 atom stereocenters. The maximum absolute atomic E-state index is 12.1. The van der Waals surface area contributed by atoms with Crippen molar-refractivity contribution >= 4 is 23.7 Å². The second-order valence-electron chi connectivity index (χ2n) is 6.32. The lowest BCUT2D eigenvalue weighted by Gasteiger charge is -2.07. The van der Waals surface area contributed by atoms with Crippen LogP contribution in [0.4, 0.5) is 5.82 Å². The van der Waals surface area contributed by atoms with Gasteiger partial charge in [0.05, 0.1) is 11.9 Å². The van der Waals surface area contributed by atoms with E-state index < -0.39 is 0 Å². The van der Waals surface area contributed by atoms with Gasteiger partial charge in [-0.25, -0.2) is 9.97 Å².